The van der Waals surface area contributed by atoms with Crippen LogP contribution in [-0.4, -0.2) is 72.4 Å². The molecule has 1 amide bonds. The Morgan fingerprint density at radius 2 is 1.87 bits per heavy atom. The molecule has 0 aliphatic carbocycles. The molecular weight excluding hydrogens is 512 g/mol. The molecule has 0 bridgehead atoms. The first-order valence-electron chi connectivity index (χ1n) is 12.4. The van der Waals surface area contributed by atoms with Crippen LogP contribution in [0.5, 0.6) is 5.75 Å². The second kappa shape index (κ2) is 12.5. The third kappa shape index (κ3) is 7.59. The van der Waals surface area contributed by atoms with Crippen LogP contribution in [-0.2, 0) is 16.4 Å². The van der Waals surface area contributed by atoms with E-state index in [4.69, 9.17) is 9.15 Å². The highest BCUT2D eigenvalue weighted by molar-refractivity contribution is 7.89. The average molecular weight is 549 g/mol. The Morgan fingerprint density at radius 1 is 1.13 bits per heavy atom. The van der Waals surface area contributed by atoms with E-state index in [1.165, 1.54) is 23.5 Å². The molecule has 0 saturated heterocycles. The molecule has 1 aromatic heterocycles. The highest BCUT2D eigenvalue weighted by Gasteiger charge is 2.32. The van der Waals surface area contributed by atoms with E-state index in [2.05, 4.69) is 15.6 Å². The maximum absolute atomic E-state index is 13.7. The third-order valence-corrected chi connectivity index (χ3v) is 7.56. The van der Waals surface area contributed by atoms with Crippen molar-refractivity contribution in [2.24, 2.45) is 5.92 Å². The number of benzene rings is 2. The van der Waals surface area contributed by atoms with E-state index in [1.54, 1.807) is 30.3 Å². The molecule has 4 N–H and O–H groups in total. The number of ether oxygens (including phenoxy) is 1. The van der Waals surface area contributed by atoms with Crippen LogP contribution < -0.4 is 15.4 Å². The quantitative estimate of drug-likeness (QED) is 0.251. The zero-order valence-electron chi connectivity index (χ0n) is 22.2. The lowest BCUT2D eigenvalue weighted by atomic mass is 10.0. The van der Waals surface area contributed by atoms with Gasteiger partial charge in [0, 0.05) is 25.2 Å². The van der Waals surface area contributed by atoms with Crippen LogP contribution in [0.25, 0.3) is 11.1 Å². The van der Waals surface area contributed by atoms with Gasteiger partial charge in [0.15, 0.2) is 5.58 Å². The third-order valence-electron chi connectivity index (χ3n) is 5.73. The van der Waals surface area contributed by atoms with E-state index >= 15 is 0 Å². The van der Waals surface area contributed by atoms with Gasteiger partial charge >= 0.3 is 6.09 Å². The van der Waals surface area contributed by atoms with Crippen molar-refractivity contribution in [1.82, 2.24) is 14.6 Å². The number of nitrogens with zero attached hydrogens (tertiary/aromatic N) is 2. The van der Waals surface area contributed by atoms with Gasteiger partial charge in [-0.05, 0) is 56.0 Å². The van der Waals surface area contributed by atoms with Crippen LogP contribution in [0.15, 0.2) is 51.8 Å². The van der Waals surface area contributed by atoms with E-state index in [-0.39, 0.29) is 36.4 Å². The van der Waals surface area contributed by atoms with Crippen LogP contribution in [0, 0.1) is 5.92 Å². The van der Waals surface area contributed by atoms with E-state index in [1.807, 2.05) is 27.7 Å². The molecule has 11 nitrogen and oxygen atoms in total. The molecule has 2 aromatic carbocycles. The van der Waals surface area contributed by atoms with E-state index < -0.39 is 28.3 Å². The van der Waals surface area contributed by atoms with Gasteiger partial charge in [0.25, 0.3) is 6.01 Å². The number of carboxylic acid groups (broad SMARTS) is 1. The molecule has 3 rings (SSSR count). The Hall–Kier alpha value is -3.35. The SMILES string of the molecule is COc1cccc(C[C@H](NC(=O)O)[C@H](O)CN(CC(C)C)S(=O)(=O)c2ccc3nc(NC(C)C)oc3c2)c1. The van der Waals surface area contributed by atoms with E-state index in [9.17, 15) is 23.4 Å². The molecule has 1 heterocycles. The normalized spacial score (nSPS) is 13.7. The maximum Gasteiger partial charge on any atom is 0.404 e. The molecular formula is C26H36N4O7S. The Morgan fingerprint density at radius 3 is 2.50 bits per heavy atom. The number of hydrogen-bond donors (Lipinski definition) is 4. The summed E-state index contributed by atoms with van der Waals surface area (Å²) in [5.74, 6) is 0.529. The van der Waals surface area contributed by atoms with Gasteiger partial charge in [0.2, 0.25) is 10.0 Å². The van der Waals surface area contributed by atoms with Crippen LogP contribution in [0.4, 0.5) is 10.8 Å². The number of oxazole rings is 1. The lowest BCUT2D eigenvalue weighted by Gasteiger charge is -2.30. The second-order valence-electron chi connectivity index (χ2n) is 9.84. The van der Waals surface area contributed by atoms with Crippen molar-refractivity contribution in [2.45, 2.75) is 57.2 Å². The van der Waals surface area contributed by atoms with Crippen molar-refractivity contribution >= 4 is 33.2 Å². The van der Waals surface area contributed by atoms with Crippen molar-refractivity contribution in [1.29, 1.82) is 0 Å². The van der Waals surface area contributed by atoms with Gasteiger partial charge in [0.1, 0.15) is 11.3 Å². The highest BCUT2D eigenvalue weighted by atomic mass is 32.2. The van der Waals surface area contributed by atoms with Crippen LogP contribution in [0.1, 0.15) is 33.3 Å². The highest BCUT2D eigenvalue weighted by Crippen LogP contribution is 2.26. The summed E-state index contributed by atoms with van der Waals surface area (Å²) in [4.78, 5) is 15.8. The first kappa shape index (κ1) is 29.2. The molecule has 12 heteroatoms. The number of aromatic nitrogens is 1. The van der Waals surface area contributed by atoms with Gasteiger partial charge in [-0.25, -0.2) is 13.2 Å². The molecule has 0 radical (unpaired) electrons. The van der Waals surface area contributed by atoms with E-state index in [0.29, 0.717) is 22.9 Å². The molecule has 3 aromatic rings. The minimum absolute atomic E-state index is 0.0133. The van der Waals surface area contributed by atoms with Gasteiger partial charge < -0.3 is 30.0 Å². The molecule has 0 aliphatic heterocycles. The monoisotopic (exact) mass is 548 g/mol. The number of methoxy groups -OCH3 is 1. The Kier molecular flexibility index (Phi) is 9.58. The fourth-order valence-corrected chi connectivity index (χ4v) is 5.67. The Balaban J connectivity index is 1.89. The van der Waals surface area contributed by atoms with Crippen molar-refractivity contribution in [3.63, 3.8) is 0 Å². The number of carbonyl (C=O) groups is 1. The Labute approximate surface area is 222 Å². The Bertz CT molecular complexity index is 1340. The topological polar surface area (TPSA) is 154 Å². The largest absolute Gasteiger partial charge is 0.497 e. The second-order valence-corrected chi connectivity index (χ2v) is 11.8. The van der Waals surface area contributed by atoms with Gasteiger partial charge in [-0.15, -0.1) is 0 Å². The molecule has 0 aliphatic rings. The number of nitrogens with one attached hydrogen (secondary N) is 2. The van der Waals surface area contributed by atoms with Crippen molar-refractivity contribution in [3.05, 3.63) is 48.0 Å². The summed E-state index contributed by atoms with van der Waals surface area (Å²) in [7, 11) is -2.55. The standard InChI is InChI=1S/C26H36N4O7S/c1-16(2)14-30(15-23(31)22(29-26(32)33)12-18-7-6-8-19(11-18)36-5)38(34,35)20-9-10-21-24(13-20)37-25(28-21)27-17(3)4/h6-11,13,16-17,22-23,29,31H,12,14-15H2,1-5H3,(H,27,28)(H,32,33)/t22-,23+/m0/s1. The molecule has 208 valence electrons. The maximum atomic E-state index is 13.7. The zero-order chi connectivity index (χ0) is 28.0. The van der Waals surface area contributed by atoms with Crippen molar-refractivity contribution in [2.75, 3.05) is 25.5 Å². The number of aliphatic hydroxyl groups is 1. The summed E-state index contributed by atoms with van der Waals surface area (Å²) in [5, 5.41) is 25.9. The fraction of sp³-hybridized carbons (Fsp3) is 0.462. The number of hydrogen-bond acceptors (Lipinski definition) is 8. The molecule has 0 spiro atoms. The number of amides is 1. The lowest BCUT2D eigenvalue weighted by molar-refractivity contribution is 0.0980. The first-order chi connectivity index (χ1) is 17.9. The fourth-order valence-electron chi connectivity index (χ4n) is 4.03. The summed E-state index contributed by atoms with van der Waals surface area (Å²) >= 11 is 0. The van der Waals surface area contributed by atoms with E-state index in [0.717, 1.165) is 5.56 Å². The lowest BCUT2D eigenvalue weighted by Crippen LogP contribution is -2.50. The summed E-state index contributed by atoms with van der Waals surface area (Å²) in [6.07, 6.45) is -2.52. The number of anilines is 1. The summed E-state index contributed by atoms with van der Waals surface area (Å²) in [6.45, 7) is 7.39. The van der Waals surface area contributed by atoms with Crippen LogP contribution in [0.2, 0.25) is 0 Å². The summed E-state index contributed by atoms with van der Waals surface area (Å²) in [5.41, 5.74) is 1.54. The molecule has 0 unspecified atom stereocenters. The minimum Gasteiger partial charge on any atom is -0.497 e. The van der Waals surface area contributed by atoms with Crippen LogP contribution >= 0.6 is 0 Å². The molecule has 38 heavy (non-hydrogen) atoms. The van der Waals surface area contributed by atoms with Gasteiger partial charge in [0.05, 0.1) is 24.2 Å². The molecule has 2 atom stereocenters. The number of aliphatic hydroxyl groups excluding tert-OH is 1. The number of sulfonamides is 1. The van der Waals surface area contributed by atoms with Gasteiger partial charge in [-0.3, -0.25) is 0 Å². The predicted octanol–water partition coefficient (Wildman–Crippen LogP) is 3.54. The minimum atomic E-state index is -4.07. The predicted molar refractivity (Wildman–Crippen MR) is 144 cm³/mol. The zero-order valence-corrected chi connectivity index (χ0v) is 23.0. The van der Waals surface area contributed by atoms with Crippen molar-refractivity contribution < 1.29 is 32.6 Å². The summed E-state index contributed by atoms with van der Waals surface area (Å²) in [6, 6.07) is 10.9. The number of fused-ring (bicyclic) bond motifs is 1. The molecule has 0 fully saturated rings. The van der Waals surface area contributed by atoms with Gasteiger partial charge in [-0.1, -0.05) is 26.0 Å². The summed E-state index contributed by atoms with van der Waals surface area (Å²) < 4.78 is 39.5. The van der Waals surface area contributed by atoms with Crippen molar-refractivity contribution in [3.8, 4) is 5.75 Å². The first-order valence-corrected chi connectivity index (χ1v) is 13.8. The smallest absolute Gasteiger partial charge is 0.404 e. The van der Waals surface area contributed by atoms with Gasteiger partial charge in [-0.2, -0.15) is 9.29 Å². The van der Waals surface area contributed by atoms with Crippen LogP contribution in [0.3, 0.4) is 0 Å². The number of rotatable bonds is 13. The molecule has 0 saturated carbocycles. The average Bonchev–Trinajstić information content (AvgIpc) is 3.23.